The molecule has 1 aliphatic rings. The summed E-state index contributed by atoms with van der Waals surface area (Å²) in [5, 5.41) is 8.84. The molecule has 1 fully saturated rings. The molecule has 0 amide bonds. The zero-order chi connectivity index (χ0) is 19.1. The molecule has 2 aromatic rings. The summed E-state index contributed by atoms with van der Waals surface area (Å²) >= 11 is 0. The van der Waals surface area contributed by atoms with Crippen LogP contribution in [0, 0.1) is 0 Å². The fourth-order valence-electron chi connectivity index (χ4n) is 3.03. The fraction of sp³-hybridized carbons (Fsp3) is 0.381. The Morgan fingerprint density at radius 3 is 2.52 bits per heavy atom. The average molecular weight is 371 g/mol. The first-order valence-electron chi connectivity index (χ1n) is 9.05. The molecule has 6 heteroatoms. The maximum atomic E-state index is 10.7. The zero-order valence-corrected chi connectivity index (χ0v) is 15.5. The van der Waals surface area contributed by atoms with Crippen LogP contribution in [0.25, 0.3) is 0 Å². The number of carboxylic acid groups (broad SMARTS) is 1. The Bertz CT molecular complexity index is 729. The quantitative estimate of drug-likeness (QED) is 0.769. The summed E-state index contributed by atoms with van der Waals surface area (Å²) in [4.78, 5) is 12.9. The Morgan fingerprint density at radius 1 is 1.15 bits per heavy atom. The van der Waals surface area contributed by atoms with Crippen LogP contribution in [-0.2, 0) is 16.1 Å². The van der Waals surface area contributed by atoms with Crippen LogP contribution in [0.15, 0.2) is 48.5 Å². The highest BCUT2D eigenvalue weighted by Gasteiger charge is 2.22. The molecule has 0 aliphatic carbocycles. The molecule has 0 radical (unpaired) electrons. The van der Waals surface area contributed by atoms with E-state index < -0.39 is 5.97 Å². The fourth-order valence-corrected chi connectivity index (χ4v) is 3.03. The van der Waals surface area contributed by atoms with Crippen LogP contribution in [-0.4, -0.2) is 49.3 Å². The third-order valence-corrected chi connectivity index (χ3v) is 4.61. The molecule has 144 valence electrons. The summed E-state index contributed by atoms with van der Waals surface area (Å²) in [6.45, 7) is 3.14. The maximum Gasteiger partial charge on any atom is 0.304 e. The highest BCUT2D eigenvalue weighted by Crippen LogP contribution is 2.25. The number of methoxy groups -OCH3 is 1. The van der Waals surface area contributed by atoms with E-state index in [-0.39, 0.29) is 12.5 Å². The van der Waals surface area contributed by atoms with Gasteiger partial charge >= 0.3 is 5.97 Å². The Morgan fingerprint density at radius 2 is 1.85 bits per heavy atom. The molecule has 1 saturated heterocycles. The van der Waals surface area contributed by atoms with Gasteiger partial charge in [0, 0.05) is 19.6 Å². The van der Waals surface area contributed by atoms with Gasteiger partial charge in [-0.05, 0) is 35.4 Å². The minimum atomic E-state index is -0.767. The first-order valence-corrected chi connectivity index (χ1v) is 9.05. The van der Waals surface area contributed by atoms with Crippen LogP contribution in [0.5, 0.6) is 11.5 Å². The van der Waals surface area contributed by atoms with E-state index in [1.54, 1.807) is 7.11 Å². The standard InChI is InChI=1S/C21H25NO5/c1-25-18-6-2-16(3-7-18)15-27-19-8-4-17(5-9-19)20-14-22(12-13-26-20)11-10-21(23)24/h2-9,20H,10-15H2,1H3,(H,23,24). The summed E-state index contributed by atoms with van der Waals surface area (Å²) in [7, 11) is 1.65. The molecule has 0 saturated carbocycles. The number of aliphatic carboxylic acids is 1. The lowest BCUT2D eigenvalue weighted by Crippen LogP contribution is -2.39. The minimum absolute atomic E-state index is 0.0387. The molecule has 3 rings (SSSR count). The van der Waals surface area contributed by atoms with E-state index in [9.17, 15) is 4.79 Å². The summed E-state index contributed by atoms with van der Waals surface area (Å²) in [6.07, 6.45) is 0.119. The van der Waals surface area contributed by atoms with Crippen molar-refractivity contribution in [2.24, 2.45) is 0 Å². The normalized spacial score (nSPS) is 17.4. The van der Waals surface area contributed by atoms with Gasteiger partial charge in [-0.1, -0.05) is 24.3 Å². The van der Waals surface area contributed by atoms with Gasteiger partial charge in [-0.25, -0.2) is 0 Å². The van der Waals surface area contributed by atoms with Gasteiger partial charge in [0.25, 0.3) is 0 Å². The number of carboxylic acids is 1. The number of nitrogens with zero attached hydrogens (tertiary/aromatic N) is 1. The number of hydrogen-bond donors (Lipinski definition) is 1. The maximum absolute atomic E-state index is 10.7. The number of benzene rings is 2. The Hall–Kier alpha value is -2.57. The number of ether oxygens (including phenoxy) is 3. The number of hydrogen-bond acceptors (Lipinski definition) is 5. The molecule has 0 aromatic heterocycles. The first kappa shape index (κ1) is 19.2. The third-order valence-electron chi connectivity index (χ3n) is 4.61. The lowest BCUT2D eigenvalue weighted by molar-refractivity contribution is -0.137. The Kier molecular flexibility index (Phi) is 6.68. The smallest absolute Gasteiger partial charge is 0.304 e. The molecule has 2 aromatic carbocycles. The SMILES string of the molecule is COc1ccc(COc2ccc(C3CN(CCC(=O)O)CCO3)cc2)cc1. The van der Waals surface area contributed by atoms with Gasteiger partial charge in [-0.2, -0.15) is 0 Å². The van der Waals surface area contributed by atoms with Gasteiger partial charge in [0.2, 0.25) is 0 Å². The van der Waals surface area contributed by atoms with Gasteiger partial charge < -0.3 is 19.3 Å². The van der Waals surface area contributed by atoms with Crippen molar-refractivity contribution < 1.29 is 24.1 Å². The van der Waals surface area contributed by atoms with Crippen molar-refractivity contribution in [3.8, 4) is 11.5 Å². The second-order valence-corrected chi connectivity index (χ2v) is 6.51. The van der Waals surface area contributed by atoms with E-state index in [0.717, 1.165) is 29.2 Å². The topological polar surface area (TPSA) is 68.2 Å². The van der Waals surface area contributed by atoms with E-state index in [4.69, 9.17) is 19.3 Å². The van der Waals surface area contributed by atoms with Crippen LogP contribution >= 0.6 is 0 Å². The lowest BCUT2D eigenvalue weighted by atomic mass is 10.1. The summed E-state index contributed by atoms with van der Waals surface area (Å²) in [5.74, 6) is 0.859. The minimum Gasteiger partial charge on any atom is -0.497 e. The van der Waals surface area contributed by atoms with E-state index in [1.807, 2.05) is 48.5 Å². The van der Waals surface area contributed by atoms with Crippen molar-refractivity contribution >= 4 is 5.97 Å². The molecule has 1 heterocycles. The first-order chi connectivity index (χ1) is 13.1. The molecule has 1 atom stereocenters. The third kappa shape index (κ3) is 5.70. The van der Waals surface area contributed by atoms with Crippen molar-refractivity contribution in [3.63, 3.8) is 0 Å². The van der Waals surface area contributed by atoms with Crippen LogP contribution < -0.4 is 9.47 Å². The van der Waals surface area contributed by atoms with Crippen LogP contribution in [0.2, 0.25) is 0 Å². The second-order valence-electron chi connectivity index (χ2n) is 6.51. The van der Waals surface area contributed by atoms with Crippen molar-refractivity contribution in [3.05, 3.63) is 59.7 Å². The molecule has 1 aliphatic heterocycles. The predicted molar refractivity (Wildman–Crippen MR) is 101 cm³/mol. The van der Waals surface area contributed by atoms with Crippen LogP contribution in [0.1, 0.15) is 23.7 Å². The molecule has 27 heavy (non-hydrogen) atoms. The van der Waals surface area contributed by atoms with Crippen molar-refractivity contribution in [1.82, 2.24) is 4.90 Å². The van der Waals surface area contributed by atoms with Crippen LogP contribution in [0.3, 0.4) is 0 Å². The summed E-state index contributed by atoms with van der Waals surface area (Å²) < 4.78 is 16.8. The van der Waals surface area contributed by atoms with E-state index in [2.05, 4.69) is 4.90 Å². The van der Waals surface area contributed by atoms with E-state index in [0.29, 0.717) is 26.3 Å². The van der Waals surface area contributed by atoms with Gasteiger partial charge in [0.05, 0.1) is 26.2 Å². The molecule has 6 nitrogen and oxygen atoms in total. The van der Waals surface area contributed by atoms with Crippen molar-refractivity contribution in [1.29, 1.82) is 0 Å². The van der Waals surface area contributed by atoms with Crippen molar-refractivity contribution in [2.75, 3.05) is 33.4 Å². The number of rotatable bonds is 8. The van der Waals surface area contributed by atoms with Gasteiger partial charge in [-0.15, -0.1) is 0 Å². The Labute approximate surface area is 159 Å². The molecule has 0 bridgehead atoms. The molecule has 1 N–H and O–H groups in total. The van der Waals surface area contributed by atoms with E-state index >= 15 is 0 Å². The number of carbonyl (C=O) groups is 1. The highest BCUT2D eigenvalue weighted by atomic mass is 16.5. The van der Waals surface area contributed by atoms with Gasteiger partial charge in [0.1, 0.15) is 18.1 Å². The molecular weight excluding hydrogens is 346 g/mol. The summed E-state index contributed by atoms with van der Waals surface area (Å²) in [6, 6.07) is 15.7. The summed E-state index contributed by atoms with van der Waals surface area (Å²) in [5.41, 5.74) is 2.15. The van der Waals surface area contributed by atoms with E-state index in [1.165, 1.54) is 0 Å². The predicted octanol–water partition coefficient (Wildman–Crippen LogP) is 3.12. The largest absolute Gasteiger partial charge is 0.497 e. The highest BCUT2D eigenvalue weighted by molar-refractivity contribution is 5.66. The lowest BCUT2D eigenvalue weighted by Gasteiger charge is -2.32. The molecule has 0 spiro atoms. The zero-order valence-electron chi connectivity index (χ0n) is 15.5. The van der Waals surface area contributed by atoms with Gasteiger partial charge in [-0.3, -0.25) is 9.69 Å². The average Bonchev–Trinajstić information content (AvgIpc) is 2.72. The second kappa shape index (κ2) is 9.39. The molecular formula is C21H25NO5. The monoisotopic (exact) mass is 371 g/mol. The van der Waals surface area contributed by atoms with Crippen LogP contribution in [0.4, 0.5) is 0 Å². The van der Waals surface area contributed by atoms with Gasteiger partial charge in [0.15, 0.2) is 0 Å². The number of morpholine rings is 1. The Balaban J connectivity index is 1.52. The molecule has 1 unspecified atom stereocenters. The van der Waals surface area contributed by atoms with Crippen molar-refractivity contribution in [2.45, 2.75) is 19.1 Å².